The van der Waals surface area contributed by atoms with Crippen molar-refractivity contribution in [1.82, 2.24) is 0 Å². The third-order valence-corrected chi connectivity index (χ3v) is 13.7. The number of rotatable bonds is 4. The molecule has 208 valence electrons. The van der Waals surface area contributed by atoms with Gasteiger partial charge in [0.05, 0.1) is 18.1 Å². The Morgan fingerprint density at radius 3 is 2.22 bits per heavy atom. The van der Waals surface area contributed by atoms with Crippen molar-refractivity contribution in [3.05, 3.63) is 11.1 Å². The van der Waals surface area contributed by atoms with Crippen molar-refractivity contribution in [3.63, 3.8) is 0 Å². The van der Waals surface area contributed by atoms with Crippen LogP contribution in [0.2, 0.25) is 0 Å². The normalized spacial score (nSPS) is 48.8. The molecule has 0 amide bonds. The van der Waals surface area contributed by atoms with Crippen LogP contribution in [-0.2, 0) is 14.5 Å². The van der Waals surface area contributed by atoms with Gasteiger partial charge in [-0.3, -0.25) is 14.8 Å². The van der Waals surface area contributed by atoms with Crippen LogP contribution in [0.15, 0.2) is 11.1 Å². The highest BCUT2D eigenvalue weighted by atomic mass is 17.1. The molecular formula is C31H50N2O4. The second kappa shape index (κ2) is 8.22. The molecular weight excluding hydrogens is 464 g/mol. The number of Topliss-reactive ketones (excluding diaryl/α,β-unsaturated/α-hetero) is 2. The summed E-state index contributed by atoms with van der Waals surface area (Å²) in [6, 6.07) is 0. The zero-order valence-corrected chi connectivity index (χ0v) is 24.2. The van der Waals surface area contributed by atoms with Crippen molar-refractivity contribution in [3.8, 4) is 0 Å². The van der Waals surface area contributed by atoms with E-state index < -0.39 is 11.0 Å². The lowest BCUT2D eigenvalue weighted by molar-refractivity contribution is -0.336. The zero-order chi connectivity index (χ0) is 27.4. The molecule has 5 aliphatic rings. The summed E-state index contributed by atoms with van der Waals surface area (Å²) in [4.78, 5) is 31.9. The highest BCUT2D eigenvalue weighted by Gasteiger charge is 2.74. The standard InChI is InChI=1S/C31H50N2O4/c1-18(2)24-20(34)16-30(22(35)17-32)14-12-27(5)19(25(24)30)8-9-21-28(27,6)13-15-31(33)26(3,4)23(37-36)10-11-29(21,31)7/h18-19,21,23,36H,8-17,32-33H2,1-7H3/t19-,21+,23+,27-,28?,29-,30+,31-/m1/s1. The Kier molecular flexibility index (Phi) is 6.10. The molecule has 8 atom stereocenters. The number of carbonyl (C=O) groups excluding carboxylic acids is 2. The van der Waals surface area contributed by atoms with Gasteiger partial charge in [-0.1, -0.05) is 48.5 Å². The Labute approximate surface area is 223 Å². The van der Waals surface area contributed by atoms with E-state index in [9.17, 15) is 14.8 Å². The molecule has 5 aliphatic carbocycles. The molecule has 1 unspecified atom stereocenters. The summed E-state index contributed by atoms with van der Waals surface area (Å²) >= 11 is 0. The van der Waals surface area contributed by atoms with Gasteiger partial charge in [0.25, 0.3) is 0 Å². The number of hydrogen-bond donors (Lipinski definition) is 3. The second-order valence-corrected chi connectivity index (χ2v) is 15.1. The van der Waals surface area contributed by atoms with Crippen LogP contribution >= 0.6 is 0 Å². The Balaban J connectivity index is 1.63. The summed E-state index contributed by atoms with van der Waals surface area (Å²) in [5.41, 5.74) is 14.0. The molecule has 0 aromatic heterocycles. The Morgan fingerprint density at radius 1 is 0.973 bits per heavy atom. The maximum absolute atomic E-state index is 13.5. The van der Waals surface area contributed by atoms with Crippen molar-refractivity contribution in [2.75, 3.05) is 6.54 Å². The SMILES string of the molecule is CC(C)C1=C2[C@H]3CC[C@H]4C(C)(CC[C@@]5(N)C(C)(C)[C@@H](OO)CC[C@]45C)[C@]3(C)CC[C@@]2(C(=O)CN)CC1=O. The number of fused-ring (bicyclic) bond motifs is 7. The molecule has 5 rings (SSSR count). The number of ketones is 2. The van der Waals surface area contributed by atoms with Crippen LogP contribution in [0.1, 0.15) is 106 Å². The van der Waals surface area contributed by atoms with Crippen molar-refractivity contribution in [2.24, 2.45) is 56.3 Å². The van der Waals surface area contributed by atoms with E-state index in [1.54, 1.807) is 0 Å². The third-order valence-electron chi connectivity index (χ3n) is 13.7. The lowest BCUT2D eigenvalue weighted by Crippen LogP contribution is -2.77. The third kappa shape index (κ3) is 3.02. The highest BCUT2D eigenvalue weighted by Crippen LogP contribution is 2.77. The van der Waals surface area contributed by atoms with Gasteiger partial charge in [0.1, 0.15) is 0 Å². The smallest absolute Gasteiger partial charge is 0.160 e. The summed E-state index contributed by atoms with van der Waals surface area (Å²) < 4.78 is 0. The Morgan fingerprint density at radius 2 is 1.62 bits per heavy atom. The number of hydrogen-bond acceptors (Lipinski definition) is 6. The summed E-state index contributed by atoms with van der Waals surface area (Å²) in [7, 11) is 0. The first kappa shape index (κ1) is 27.5. The molecule has 4 fully saturated rings. The van der Waals surface area contributed by atoms with E-state index in [2.05, 4.69) is 48.5 Å². The first-order chi connectivity index (χ1) is 17.1. The molecule has 6 heteroatoms. The largest absolute Gasteiger partial charge is 0.324 e. The fourth-order valence-electron chi connectivity index (χ4n) is 11.2. The van der Waals surface area contributed by atoms with Gasteiger partial charge in [0, 0.05) is 17.4 Å². The average Bonchev–Trinajstić information content (AvgIpc) is 3.14. The van der Waals surface area contributed by atoms with Crippen molar-refractivity contribution in [2.45, 2.75) is 118 Å². The van der Waals surface area contributed by atoms with Gasteiger partial charge in [0.2, 0.25) is 0 Å². The fourth-order valence-corrected chi connectivity index (χ4v) is 11.2. The quantitative estimate of drug-likeness (QED) is 0.340. The van der Waals surface area contributed by atoms with Gasteiger partial charge in [-0.25, -0.2) is 4.89 Å². The summed E-state index contributed by atoms with van der Waals surface area (Å²) in [5, 5.41) is 9.74. The molecule has 0 bridgehead atoms. The van der Waals surface area contributed by atoms with Crippen molar-refractivity contribution in [1.29, 1.82) is 0 Å². The van der Waals surface area contributed by atoms with E-state index in [1.807, 2.05) is 0 Å². The van der Waals surface area contributed by atoms with Gasteiger partial charge in [0.15, 0.2) is 11.6 Å². The van der Waals surface area contributed by atoms with Crippen molar-refractivity contribution >= 4 is 11.6 Å². The van der Waals surface area contributed by atoms with Gasteiger partial charge in [-0.05, 0) is 96.5 Å². The van der Waals surface area contributed by atoms with E-state index in [1.165, 1.54) is 5.57 Å². The van der Waals surface area contributed by atoms with Crippen molar-refractivity contribution < 1.29 is 19.7 Å². The Bertz CT molecular complexity index is 1050. The second-order valence-electron chi connectivity index (χ2n) is 15.1. The molecule has 0 aromatic carbocycles. The maximum atomic E-state index is 13.5. The van der Waals surface area contributed by atoms with Crippen LogP contribution in [0, 0.1) is 44.8 Å². The fraction of sp³-hybridized carbons (Fsp3) is 0.871. The van der Waals surface area contributed by atoms with E-state index >= 15 is 0 Å². The van der Waals surface area contributed by atoms with E-state index in [-0.39, 0.29) is 57.7 Å². The summed E-state index contributed by atoms with van der Waals surface area (Å²) in [5.74, 6) is 0.987. The molecule has 5 N–H and O–H groups in total. The maximum Gasteiger partial charge on any atom is 0.160 e. The van der Waals surface area contributed by atoms with Crippen LogP contribution in [0.4, 0.5) is 0 Å². The first-order valence-corrected chi connectivity index (χ1v) is 14.7. The Hall–Kier alpha value is -1.08. The lowest BCUT2D eigenvalue weighted by Gasteiger charge is -2.74. The van der Waals surface area contributed by atoms with Crippen LogP contribution in [-0.4, -0.2) is 35.0 Å². The first-order valence-electron chi connectivity index (χ1n) is 14.7. The predicted molar refractivity (Wildman–Crippen MR) is 144 cm³/mol. The van der Waals surface area contributed by atoms with E-state index in [0.717, 1.165) is 56.9 Å². The highest BCUT2D eigenvalue weighted by molar-refractivity contribution is 6.07. The average molecular weight is 515 g/mol. The van der Waals surface area contributed by atoms with Crippen LogP contribution in [0.3, 0.4) is 0 Å². The molecule has 0 aromatic rings. The monoisotopic (exact) mass is 514 g/mol. The molecule has 0 heterocycles. The van der Waals surface area contributed by atoms with Gasteiger partial charge in [-0.2, -0.15) is 0 Å². The van der Waals surface area contributed by atoms with Gasteiger partial charge >= 0.3 is 0 Å². The number of allylic oxidation sites excluding steroid dienone is 2. The summed E-state index contributed by atoms with van der Waals surface area (Å²) in [6.45, 7) is 16.0. The van der Waals surface area contributed by atoms with Crippen LogP contribution in [0.5, 0.6) is 0 Å². The van der Waals surface area contributed by atoms with E-state index in [0.29, 0.717) is 12.3 Å². The molecule has 0 radical (unpaired) electrons. The lowest BCUT2D eigenvalue weighted by atomic mass is 9.31. The zero-order valence-electron chi connectivity index (χ0n) is 24.2. The molecule has 0 saturated heterocycles. The number of carbonyl (C=O) groups is 2. The number of nitrogens with two attached hydrogens (primary N) is 2. The predicted octanol–water partition coefficient (Wildman–Crippen LogP) is 5.43. The molecule has 6 nitrogen and oxygen atoms in total. The molecule has 0 spiro atoms. The van der Waals surface area contributed by atoms with Crippen LogP contribution in [0.25, 0.3) is 0 Å². The van der Waals surface area contributed by atoms with Gasteiger partial charge in [-0.15, -0.1) is 0 Å². The topological polar surface area (TPSA) is 116 Å². The minimum Gasteiger partial charge on any atom is -0.324 e. The minimum atomic E-state index is -0.687. The molecule has 37 heavy (non-hydrogen) atoms. The molecule has 0 aliphatic heterocycles. The summed E-state index contributed by atoms with van der Waals surface area (Å²) in [6.07, 6.45) is 7.39. The minimum absolute atomic E-state index is 0.00241. The molecule has 4 saturated carbocycles. The van der Waals surface area contributed by atoms with E-state index in [4.69, 9.17) is 16.4 Å². The van der Waals surface area contributed by atoms with Gasteiger partial charge < -0.3 is 11.5 Å². The van der Waals surface area contributed by atoms with Crippen LogP contribution < -0.4 is 11.5 Å².